The summed E-state index contributed by atoms with van der Waals surface area (Å²) in [4.78, 5) is 9.09. The largest absolute Gasteiger partial charge is 0.359 e. The van der Waals surface area contributed by atoms with Crippen LogP contribution in [0.3, 0.4) is 0 Å². The number of aryl methyl sites for hydroxylation is 1. The minimum atomic E-state index is -2.94. The molecule has 1 saturated carbocycles. The lowest BCUT2D eigenvalue weighted by Crippen LogP contribution is -2.38. The number of fused-ring (bicyclic) bond motifs is 1. The van der Waals surface area contributed by atoms with Crippen molar-refractivity contribution in [2.75, 3.05) is 5.32 Å². The van der Waals surface area contributed by atoms with E-state index in [2.05, 4.69) is 22.0 Å². The molecule has 0 spiro atoms. The molecule has 1 aliphatic rings. The zero-order chi connectivity index (χ0) is 23.0. The highest BCUT2D eigenvalue weighted by molar-refractivity contribution is 6.31. The van der Waals surface area contributed by atoms with Gasteiger partial charge in [0.15, 0.2) is 17.0 Å². The predicted molar refractivity (Wildman–Crippen MR) is 115 cm³/mol. The third kappa shape index (κ3) is 3.71. The Morgan fingerprint density at radius 1 is 1.41 bits per heavy atom. The van der Waals surface area contributed by atoms with Crippen molar-refractivity contribution in [3.63, 3.8) is 0 Å². The summed E-state index contributed by atoms with van der Waals surface area (Å²) in [6.45, 7) is 5.24. The molecule has 0 unspecified atom stereocenters. The number of nitriles is 1. The van der Waals surface area contributed by atoms with Crippen molar-refractivity contribution in [2.24, 2.45) is 4.99 Å². The average Bonchev–Trinajstić information content (AvgIpc) is 3.10. The van der Waals surface area contributed by atoms with Crippen molar-refractivity contribution in [3.05, 3.63) is 69.0 Å². The lowest BCUT2D eigenvalue weighted by Gasteiger charge is -2.20. The van der Waals surface area contributed by atoms with Crippen LogP contribution in [0.4, 0.5) is 18.9 Å². The molecule has 6 nitrogen and oxygen atoms in total. The molecule has 0 radical (unpaired) electrons. The molecule has 4 rings (SSSR count). The van der Waals surface area contributed by atoms with E-state index in [9.17, 15) is 18.4 Å². The normalized spacial score (nSPS) is 15.3. The number of anilines is 1. The maximum absolute atomic E-state index is 14.6. The lowest BCUT2D eigenvalue weighted by atomic mass is 9.94. The van der Waals surface area contributed by atoms with Crippen LogP contribution < -0.4 is 16.0 Å². The molecular formula is C22H18ClF3N6. The molecule has 164 valence electrons. The third-order valence-electron chi connectivity index (χ3n) is 5.36. The molecule has 0 amide bonds. The van der Waals surface area contributed by atoms with Gasteiger partial charge >= 0.3 is 0 Å². The summed E-state index contributed by atoms with van der Waals surface area (Å²) in [5, 5.41) is 16.6. The molecule has 0 aliphatic heterocycles. The van der Waals surface area contributed by atoms with E-state index < -0.39 is 17.9 Å². The zero-order valence-corrected chi connectivity index (χ0v) is 17.8. The second-order valence-corrected chi connectivity index (χ2v) is 7.78. The van der Waals surface area contributed by atoms with Crippen LogP contribution in [0.2, 0.25) is 5.02 Å². The van der Waals surface area contributed by atoms with Gasteiger partial charge in [-0.1, -0.05) is 24.2 Å². The number of halogens is 4. The summed E-state index contributed by atoms with van der Waals surface area (Å²) in [5.41, 5.74) is 0.353. The average molecular weight is 459 g/mol. The summed E-state index contributed by atoms with van der Waals surface area (Å²) in [6, 6.07) is 4.81. The number of benzene rings is 1. The van der Waals surface area contributed by atoms with Gasteiger partial charge in [-0.25, -0.2) is 18.2 Å². The standard InChI is InChI=1S/C22H18ClF3N6/c1-3-28-18-12(7-8-16(23)17(18)24)9-14-11(2)29-22-15(10-27)19(20(25)26)31-32(22)21(14)30-13-5-4-6-13/h3,7-9,13,20,28H,1,4-6H2,2H3/b14-9+,30-21?. The van der Waals surface area contributed by atoms with Gasteiger partial charge in [-0.05, 0) is 44.5 Å². The fourth-order valence-corrected chi connectivity index (χ4v) is 3.66. The zero-order valence-electron chi connectivity index (χ0n) is 17.0. The van der Waals surface area contributed by atoms with Crippen molar-refractivity contribution in [1.29, 1.82) is 5.26 Å². The van der Waals surface area contributed by atoms with E-state index >= 15 is 0 Å². The molecular weight excluding hydrogens is 441 g/mol. The van der Waals surface area contributed by atoms with Gasteiger partial charge in [-0.3, -0.25) is 4.99 Å². The Morgan fingerprint density at radius 2 is 2.16 bits per heavy atom. The van der Waals surface area contributed by atoms with Gasteiger partial charge in [-0.2, -0.15) is 14.9 Å². The van der Waals surface area contributed by atoms with E-state index in [0.717, 1.165) is 19.3 Å². The minimum absolute atomic E-state index is 0.00427. The Balaban J connectivity index is 2.11. The molecule has 3 aromatic rings. The van der Waals surface area contributed by atoms with Crippen molar-refractivity contribution in [1.82, 2.24) is 14.6 Å². The second-order valence-electron chi connectivity index (χ2n) is 7.37. The van der Waals surface area contributed by atoms with E-state index in [4.69, 9.17) is 16.6 Å². The third-order valence-corrected chi connectivity index (χ3v) is 5.66. The van der Waals surface area contributed by atoms with Crippen LogP contribution >= 0.6 is 11.6 Å². The maximum Gasteiger partial charge on any atom is 0.283 e. The molecule has 1 aromatic carbocycles. The summed E-state index contributed by atoms with van der Waals surface area (Å²) < 4.78 is 42.9. The van der Waals surface area contributed by atoms with Crippen LogP contribution in [-0.2, 0) is 0 Å². The monoisotopic (exact) mass is 458 g/mol. The fourth-order valence-electron chi connectivity index (χ4n) is 3.50. The molecule has 2 heterocycles. The van der Waals surface area contributed by atoms with Crippen LogP contribution in [0.15, 0.2) is 29.9 Å². The van der Waals surface area contributed by atoms with Crippen molar-refractivity contribution in [3.8, 4) is 6.07 Å². The Hall–Kier alpha value is -3.38. The van der Waals surface area contributed by atoms with E-state index in [1.807, 2.05) is 0 Å². The first-order chi connectivity index (χ1) is 15.3. The number of rotatable bonds is 5. The van der Waals surface area contributed by atoms with E-state index in [-0.39, 0.29) is 28.0 Å². The molecule has 0 atom stereocenters. The number of hydrogen-bond acceptors (Lipinski definition) is 5. The molecule has 1 aliphatic carbocycles. The van der Waals surface area contributed by atoms with Crippen molar-refractivity contribution in [2.45, 2.75) is 38.7 Å². The number of aromatic nitrogens is 3. The summed E-state index contributed by atoms with van der Waals surface area (Å²) in [6.07, 6.45) is 2.75. The first kappa shape index (κ1) is 21.8. The molecule has 1 N–H and O–H groups in total. The highest BCUT2D eigenvalue weighted by Gasteiger charge is 2.24. The van der Waals surface area contributed by atoms with Crippen LogP contribution in [0.5, 0.6) is 0 Å². The first-order valence-corrected chi connectivity index (χ1v) is 10.3. The number of nitrogens with zero attached hydrogens (tertiary/aromatic N) is 5. The van der Waals surface area contributed by atoms with Crippen LogP contribution in [0.25, 0.3) is 11.7 Å². The lowest BCUT2D eigenvalue weighted by molar-refractivity contribution is 0.145. The number of nitrogens with one attached hydrogen (secondary N) is 1. The molecule has 32 heavy (non-hydrogen) atoms. The van der Waals surface area contributed by atoms with Crippen LogP contribution in [0.1, 0.15) is 48.2 Å². The van der Waals surface area contributed by atoms with Gasteiger partial charge < -0.3 is 5.32 Å². The quantitative estimate of drug-likeness (QED) is 0.621. The second kappa shape index (κ2) is 8.63. The number of alkyl halides is 2. The number of hydrogen-bond donors (Lipinski definition) is 1. The first-order valence-electron chi connectivity index (χ1n) is 9.88. The Kier molecular flexibility index (Phi) is 5.89. The maximum atomic E-state index is 14.6. The summed E-state index contributed by atoms with van der Waals surface area (Å²) in [7, 11) is 0. The molecule has 10 heteroatoms. The highest BCUT2D eigenvalue weighted by atomic mass is 35.5. The predicted octanol–water partition coefficient (Wildman–Crippen LogP) is 4.20. The summed E-state index contributed by atoms with van der Waals surface area (Å²) in [5.74, 6) is -0.657. The van der Waals surface area contributed by atoms with Gasteiger partial charge in [0.2, 0.25) is 0 Å². The molecule has 0 bridgehead atoms. The molecule has 0 saturated heterocycles. The molecule has 1 fully saturated rings. The van der Waals surface area contributed by atoms with Crippen LogP contribution in [-0.4, -0.2) is 20.6 Å². The fraction of sp³-hybridized carbons (Fsp3) is 0.273. The topological polar surface area (TPSA) is 78.4 Å². The van der Waals surface area contributed by atoms with E-state index in [0.29, 0.717) is 22.0 Å². The van der Waals surface area contributed by atoms with E-state index in [1.54, 1.807) is 25.1 Å². The van der Waals surface area contributed by atoms with Crippen LogP contribution in [0, 0.1) is 24.1 Å². The molecule has 2 aromatic heterocycles. The van der Waals surface area contributed by atoms with Gasteiger partial charge in [0.25, 0.3) is 6.43 Å². The summed E-state index contributed by atoms with van der Waals surface area (Å²) >= 11 is 5.92. The highest BCUT2D eigenvalue weighted by Crippen LogP contribution is 2.28. The van der Waals surface area contributed by atoms with Gasteiger partial charge in [0.05, 0.1) is 22.4 Å². The Morgan fingerprint density at radius 3 is 2.75 bits per heavy atom. The Bertz CT molecular complexity index is 1390. The van der Waals surface area contributed by atoms with Gasteiger partial charge in [0, 0.05) is 10.8 Å². The van der Waals surface area contributed by atoms with E-state index in [1.165, 1.54) is 16.8 Å². The Labute approximate surface area is 186 Å². The van der Waals surface area contributed by atoms with Crippen molar-refractivity contribution < 1.29 is 13.2 Å². The van der Waals surface area contributed by atoms with Gasteiger partial charge in [0.1, 0.15) is 17.3 Å². The van der Waals surface area contributed by atoms with Gasteiger partial charge in [-0.15, -0.1) is 0 Å². The smallest absolute Gasteiger partial charge is 0.283 e. The SMILES string of the molecule is C=CNc1c(/C=c2\c(C)nc3c(C#N)c(C(F)F)nn3c2=NC2CCC2)ccc(Cl)c1F. The minimum Gasteiger partial charge on any atom is -0.359 e. The van der Waals surface area contributed by atoms with Crippen molar-refractivity contribution >= 4 is 29.0 Å².